The van der Waals surface area contributed by atoms with Gasteiger partial charge in [-0.15, -0.1) is 0 Å². The Morgan fingerprint density at radius 2 is 2.15 bits per heavy atom. The average Bonchev–Trinajstić information content (AvgIpc) is 2.52. The van der Waals surface area contributed by atoms with Crippen LogP contribution in [0.1, 0.15) is 47.5 Å². The summed E-state index contributed by atoms with van der Waals surface area (Å²) in [6, 6.07) is 0.522. The molecule has 1 saturated heterocycles. The lowest BCUT2D eigenvalue weighted by Gasteiger charge is -2.37. The summed E-state index contributed by atoms with van der Waals surface area (Å²) in [7, 11) is 0. The van der Waals surface area contributed by atoms with Crippen molar-refractivity contribution in [2.24, 2.45) is 5.73 Å². The number of hydrogen-bond acceptors (Lipinski definition) is 4. The van der Waals surface area contributed by atoms with Crippen molar-refractivity contribution in [1.29, 1.82) is 0 Å². The van der Waals surface area contributed by atoms with Gasteiger partial charge in [0.25, 0.3) is 0 Å². The summed E-state index contributed by atoms with van der Waals surface area (Å²) in [6.45, 7) is 13.0. The molecule has 5 nitrogen and oxygen atoms in total. The molecule has 20 heavy (non-hydrogen) atoms. The van der Waals surface area contributed by atoms with Crippen molar-refractivity contribution < 1.29 is 9.53 Å². The molecule has 0 saturated carbocycles. The maximum absolute atomic E-state index is 11.8. The number of nitrogens with zero attached hydrogens (tertiary/aromatic N) is 1. The molecule has 0 bridgehead atoms. The van der Waals surface area contributed by atoms with Crippen molar-refractivity contribution >= 4 is 5.91 Å². The Balaban J connectivity index is 2.69. The summed E-state index contributed by atoms with van der Waals surface area (Å²) in [6.07, 6.45) is 2.00. The first kappa shape index (κ1) is 17.4. The highest BCUT2D eigenvalue weighted by atomic mass is 16.5. The van der Waals surface area contributed by atoms with E-state index in [9.17, 15) is 4.79 Å². The lowest BCUT2D eigenvalue weighted by Crippen LogP contribution is -2.58. The summed E-state index contributed by atoms with van der Waals surface area (Å²) in [5, 5.41) is 3.32. The summed E-state index contributed by atoms with van der Waals surface area (Å²) in [5.74, 6) is -0.280. The second kappa shape index (κ2) is 7.38. The van der Waals surface area contributed by atoms with Crippen molar-refractivity contribution in [2.75, 3.05) is 19.7 Å². The van der Waals surface area contributed by atoms with Crippen LogP contribution >= 0.6 is 0 Å². The molecule has 0 aromatic rings. The predicted octanol–water partition coefficient (Wildman–Crippen LogP) is 1.12. The fourth-order valence-corrected chi connectivity index (χ4v) is 3.01. The quantitative estimate of drug-likeness (QED) is 0.767. The first-order valence-electron chi connectivity index (χ1n) is 7.68. The molecule has 3 N–H and O–H groups in total. The van der Waals surface area contributed by atoms with E-state index in [4.69, 9.17) is 10.5 Å². The SMILES string of the molecule is CC(C)NC(C)(CC(C)N1CCCOC(C)C1)C(N)=O. The Labute approximate surface area is 123 Å². The molecule has 1 heterocycles. The second-order valence-corrected chi connectivity index (χ2v) is 6.58. The number of primary amides is 1. The first-order chi connectivity index (χ1) is 9.24. The number of nitrogens with one attached hydrogen (secondary N) is 1. The summed E-state index contributed by atoms with van der Waals surface area (Å²) in [4.78, 5) is 14.2. The largest absolute Gasteiger partial charge is 0.377 e. The Kier molecular flexibility index (Phi) is 6.43. The maximum Gasteiger partial charge on any atom is 0.237 e. The second-order valence-electron chi connectivity index (χ2n) is 6.58. The van der Waals surface area contributed by atoms with Gasteiger partial charge in [-0.05, 0) is 47.5 Å². The first-order valence-corrected chi connectivity index (χ1v) is 7.68. The van der Waals surface area contributed by atoms with E-state index in [2.05, 4.69) is 24.1 Å². The lowest BCUT2D eigenvalue weighted by atomic mass is 9.91. The Hall–Kier alpha value is -0.650. The van der Waals surface area contributed by atoms with Crippen LogP contribution in [-0.2, 0) is 9.53 Å². The van der Waals surface area contributed by atoms with Crippen molar-refractivity contribution in [3.05, 3.63) is 0 Å². The monoisotopic (exact) mass is 285 g/mol. The Morgan fingerprint density at radius 3 is 2.70 bits per heavy atom. The van der Waals surface area contributed by atoms with Gasteiger partial charge in [0.1, 0.15) is 0 Å². The van der Waals surface area contributed by atoms with Gasteiger partial charge < -0.3 is 15.8 Å². The third-order valence-corrected chi connectivity index (χ3v) is 3.96. The van der Waals surface area contributed by atoms with Crippen LogP contribution in [0.3, 0.4) is 0 Å². The molecule has 1 rings (SSSR count). The number of nitrogens with two attached hydrogens (primary N) is 1. The fourth-order valence-electron chi connectivity index (χ4n) is 3.01. The van der Waals surface area contributed by atoms with E-state index in [0.717, 1.165) is 26.1 Å². The van der Waals surface area contributed by atoms with E-state index in [1.54, 1.807) is 0 Å². The smallest absolute Gasteiger partial charge is 0.237 e. The van der Waals surface area contributed by atoms with Crippen molar-refractivity contribution in [2.45, 2.75) is 71.2 Å². The van der Waals surface area contributed by atoms with E-state index in [0.29, 0.717) is 12.5 Å². The zero-order valence-electron chi connectivity index (χ0n) is 13.6. The summed E-state index contributed by atoms with van der Waals surface area (Å²) in [5.41, 5.74) is 4.95. The fraction of sp³-hybridized carbons (Fsp3) is 0.933. The molecule has 1 aliphatic heterocycles. The molecular weight excluding hydrogens is 254 g/mol. The van der Waals surface area contributed by atoms with Crippen molar-refractivity contribution in [1.82, 2.24) is 10.2 Å². The molecule has 1 amide bonds. The number of rotatable bonds is 6. The molecule has 3 unspecified atom stereocenters. The predicted molar refractivity (Wildman–Crippen MR) is 81.6 cm³/mol. The molecule has 118 valence electrons. The van der Waals surface area contributed by atoms with Gasteiger partial charge >= 0.3 is 0 Å². The third kappa shape index (κ3) is 5.04. The highest BCUT2D eigenvalue weighted by Gasteiger charge is 2.35. The van der Waals surface area contributed by atoms with Crippen LogP contribution in [0.4, 0.5) is 0 Å². The summed E-state index contributed by atoms with van der Waals surface area (Å²) >= 11 is 0. The minimum atomic E-state index is -0.663. The summed E-state index contributed by atoms with van der Waals surface area (Å²) < 4.78 is 5.68. The van der Waals surface area contributed by atoms with Crippen LogP contribution in [0.2, 0.25) is 0 Å². The molecule has 0 spiro atoms. The zero-order valence-corrected chi connectivity index (χ0v) is 13.6. The van der Waals surface area contributed by atoms with E-state index in [1.807, 2.05) is 20.8 Å². The van der Waals surface area contributed by atoms with E-state index in [-0.39, 0.29) is 18.1 Å². The average molecular weight is 285 g/mol. The van der Waals surface area contributed by atoms with Crippen LogP contribution in [0.5, 0.6) is 0 Å². The molecule has 1 aliphatic rings. The number of hydrogen-bond donors (Lipinski definition) is 2. The highest BCUT2D eigenvalue weighted by Crippen LogP contribution is 2.19. The Bertz CT molecular complexity index is 322. The van der Waals surface area contributed by atoms with Gasteiger partial charge in [-0.2, -0.15) is 0 Å². The number of ether oxygens (including phenoxy) is 1. The van der Waals surface area contributed by atoms with Gasteiger partial charge in [0.15, 0.2) is 0 Å². The van der Waals surface area contributed by atoms with Gasteiger partial charge in [0.05, 0.1) is 11.6 Å². The minimum Gasteiger partial charge on any atom is -0.377 e. The topological polar surface area (TPSA) is 67.6 Å². The molecule has 0 aromatic heterocycles. The van der Waals surface area contributed by atoms with E-state index in [1.165, 1.54) is 0 Å². The Morgan fingerprint density at radius 1 is 1.50 bits per heavy atom. The molecule has 1 fully saturated rings. The highest BCUT2D eigenvalue weighted by molar-refractivity contribution is 5.84. The van der Waals surface area contributed by atoms with Crippen LogP contribution in [0.25, 0.3) is 0 Å². The number of carbonyl (C=O) groups excluding carboxylic acids is 1. The standard InChI is InChI=1S/C15H31N3O2/c1-11(2)17-15(5,14(16)19)9-12(3)18-7-6-8-20-13(4)10-18/h11-13,17H,6-10H2,1-5H3,(H2,16,19). The van der Waals surface area contributed by atoms with Crippen molar-refractivity contribution in [3.63, 3.8) is 0 Å². The molecular formula is C15H31N3O2. The van der Waals surface area contributed by atoms with Gasteiger partial charge in [-0.1, -0.05) is 0 Å². The van der Waals surface area contributed by atoms with Crippen LogP contribution in [-0.4, -0.2) is 54.2 Å². The molecule has 0 aliphatic carbocycles. The minimum absolute atomic E-state index is 0.228. The molecule has 0 radical (unpaired) electrons. The van der Waals surface area contributed by atoms with Gasteiger partial charge in [-0.3, -0.25) is 9.69 Å². The van der Waals surface area contributed by atoms with Crippen LogP contribution in [0, 0.1) is 0 Å². The van der Waals surface area contributed by atoms with Gasteiger partial charge in [-0.25, -0.2) is 0 Å². The van der Waals surface area contributed by atoms with E-state index < -0.39 is 5.54 Å². The normalized spacial score (nSPS) is 26.0. The third-order valence-electron chi connectivity index (χ3n) is 3.96. The van der Waals surface area contributed by atoms with Crippen molar-refractivity contribution in [3.8, 4) is 0 Å². The number of amides is 1. The lowest BCUT2D eigenvalue weighted by molar-refractivity contribution is -0.125. The zero-order chi connectivity index (χ0) is 15.3. The molecule has 5 heteroatoms. The van der Waals surface area contributed by atoms with Crippen LogP contribution < -0.4 is 11.1 Å². The molecule has 3 atom stereocenters. The van der Waals surface area contributed by atoms with Gasteiger partial charge in [0, 0.05) is 31.8 Å². The maximum atomic E-state index is 11.8. The van der Waals surface area contributed by atoms with E-state index >= 15 is 0 Å². The van der Waals surface area contributed by atoms with Crippen LogP contribution in [0.15, 0.2) is 0 Å². The molecule has 0 aromatic carbocycles. The number of carbonyl (C=O) groups is 1. The van der Waals surface area contributed by atoms with Gasteiger partial charge in [0.2, 0.25) is 5.91 Å².